The fourth-order valence-electron chi connectivity index (χ4n) is 2.63. The first-order chi connectivity index (χ1) is 12.5. The molecule has 2 aromatic heterocycles. The number of aryl methyl sites for hydroxylation is 2. The van der Waals surface area contributed by atoms with Gasteiger partial charge in [-0.2, -0.15) is 0 Å². The van der Waals surface area contributed by atoms with Crippen LogP contribution in [0, 0.1) is 19.7 Å². The van der Waals surface area contributed by atoms with E-state index in [1.165, 1.54) is 23.5 Å². The Balaban J connectivity index is 1.60. The van der Waals surface area contributed by atoms with Crippen LogP contribution in [0.2, 0.25) is 0 Å². The number of nitrogens with zero attached hydrogens (tertiary/aromatic N) is 2. The van der Waals surface area contributed by atoms with Gasteiger partial charge < -0.3 is 9.73 Å². The molecule has 5 nitrogen and oxygen atoms in total. The lowest BCUT2D eigenvalue weighted by Gasteiger charge is -2.03. The number of nitrogens with one attached hydrogen (secondary N) is 1. The third kappa shape index (κ3) is 3.09. The number of hydrogen-bond donors (Lipinski definition) is 1. The molecule has 1 amide bonds. The largest absolute Gasteiger partial charge is 0.441 e. The van der Waals surface area contributed by atoms with Crippen molar-refractivity contribution in [1.29, 1.82) is 0 Å². The Labute approximate surface area is 152 Å². The van der Waals surface area contributed by atoms with E-state index in [-0.39, 0.29) is 11.7 Å². The molecule has 0 spiro atoms. The molecule has 0 bridgehead atoms. The zero-order chi connectivity index (χ0) is 18.3. The second-order valence-corrected chi connectivity index (χ2v) is 6.81. The average molecular weight is 367 g/mol. The summed E-state index contributed by atoms with van der Waals surface area (Å²) in [6.07, 6.45) is 0. The third-order valence-corrected chi connectivity index (χ3v) is 5.05. The summed E-state index contributed by atoms with van der Waals surface area (Å²) in [5, 5.41) is 3.54. The smallest absolute Gasteiger partial charge is 0.267 e. The quantitative estimate of drug-likeness (QED) is 0.556. The van der Waals surface area contributed by atoms with Crippen LogP contribution in [0.25, 0.3) is 21.7 Å². The SMILES string of the molecule is Cc1nc2cc(NC(=O)c3sc(-c4ccc(F)cc4)nc3C)ccc2o1. The van der Waals surface area contributed by atoms with Crippen molar-refractivity contribution in [3.05, 3.63) is 64.7 Å². The molecule has 130 valence electrons. The molecule has 2 heterocycles. The van der Waals surface area contributed by atoms with Gasteiger partial charge in [-0.15, -0.1) is 11.3 Å². The highest BCUT2D eigenvalue weighted by Crippen LogP contribution is 2.29. The van der Waals surface area contributed by atoms with Crippen LogP contribution >= 0.6 is 11.3 Å². The maximum absolute atomic E-state index is 13.1. The van der Waals surface area contributed by atoms with E-state index in [4.69, 9.17) is 4.42 Å². The van der Waals surface area contributed by atoms with Crippen LogP contribution in [0.15, 0.2) is 46.9 Å². The van der Waals surface area contributed by atoms with E-state index in [1.807, 2.05) is 0 Å². The molecule has 2 aromatic carbocycles. The average Bonchev–Trinajstić information content (AvgIpc) is 3.17. The van der Waals surface area contributed by atoms with Gasteiger partial charge in [0, 0.05) is 18.2 Å². The van der Waals surface area contributed by atoms with Gasteiger partial charge in [-0.3, -0.25) is 4.79 Å². The molecule has 0 atom stereocenters. The van der Waals surface area contributed by atoms with Crippen LogP contribution in [-0.2, 0) is 0 Å². The van der Waals surface area contributed by atoms with Crippen molar-refractivity contribution in [1.82, 2.24) is 9.97 Å². The van der Waals surface area contributed by atoms with Crippen molar-refractivity contribution in [2.45, 2.75) is 13.8 Å². The Bertz CT molecular complexity index is 1120. The van der Waals surface area contributed by atoms with Crippen molar-refractivity contribution in [2.75, 3.05) is 5.32 Å². The number of thiazole rings is 1. The summed E-state index contributed by atoms with van der Waals surface area (Å²) in [7, 11) is 0. The maximum Gasteiger partial charge on any atom is 0.267 e. The van der Waals surface area contributed by atoms with E-state index in [0.717, 1.165) is 5.56 Å². The number of aromatic nitrogens is 2. The van der Waals surface area contributed by atoms with Gasteiger partial charge in [-0.1, -0.05) is 0 Å². The highest BCUT2D eigenvalue weighted by molar-refractivity contribution is 7.17. The molecule has 1 N–H and O–H groups in total. The highest BCUT2D eigenvalue weighted by Gasteiger charge is 2.17. The fraction of sp³-hybridized carbons (Fsp3) is 0.105. The van der Waals surface area contributed by atoms with Crippen LogP contribution in [0.1, 0.15) is 21.3 Å². The highest BCUT2D eigenvalue weighted by atomic mass is 32.1. The molecule has 0 saturated carbocycles. The van der Waals surface area contributed by atoms with Crippen molar-refractivity contribution in [3.63, 3.8) is 0 Å². The molecule has 0 aliphatic heterocycles. The van der Waals surface area contributed by atoms with E-state index >= 15 is 0 Å². The van der Waals surface area contributed by atoms with Gasteiger partial charge in [0.2, 0.25) is 0 Å². The van der Waals surface area contributed by atoms with Crippen LogP contribution < -0.4 is 5.32 Å². The zero-order valence-electron chi connectivity index (χ0n) is 14.0. The number of halogens is 1. The molecular weight excluding hydrogens is 353 g/mol. The van der Waals surface area contributed by atoms with Crippen molar-refractivity contribution in [3.8, 4) is 10.6 Å². The number of anilines is 1. The van der Waals surface area contributed by atoms with E-state index in [0.29, 0.717) is 38.3 Å². The van der Waals surface area contributed by atoms with Gasteiger partial charge in [0.1, 0.15) is 21.2 Å². The number of carbonyl (C=O) groups is 1. The molecule has 4 rings (SSSR count). The molecule has 0 aliphatic rings. The summed E-state index contributed by atoms with van der Waals surface area (Å²) >= 11 is 1.27. The molecule has 0 aliphatic carbocycles. The zero-order valence-corrected chi connectivity index (χ0v) is 14.9. The number of rotatable bonds is 3. The minimum Gasteiger partial charge on any atom is -0.441 e. The van der Waals surface area contributed by atoms with Crippen LogP contribution in [0.4, 0.5) is 10.1 Å². The second kappa shape index (κ2) is 6.34. The molecule has 4 aromatic rings. The second-order valence-electron chi connectivity index (χ2n) is 5.81. The summed E-state index contributed by atoms with van der Waals surface area (Å²) in [5.41, 5.74) is 3.40. The Kier molecular flexibility index (Phi) is 4.00. The molecular formula is C19H14FN3O2S. The van der Waals surface area contributed by atoms with Gasteiger partial charge in [0.05, 0.1) is 5.69 Å². The lowest BCUT2D eigenvalue weighted by atomic mass is 10.2. The fourth-order valence-corrected chi connectivity index (χ4v) is 3.60. The molecule has 0 unspecified atom stereocenters. The first kappa shape index (κ1) is 16.4. The summed E-state index contributed by atoms with van der Waals surface area (Å²) in [6, 6.07) is 11.4. The lowest BCUT2D eigenvalue weighted by molar-refractivity contribution is 0.103. The number of benzene rings is 2. The van der Waals surface area contributed by atoms with Gasteiger partial charge in [0.25, 0.3) is 5.91 Å². The first-order valence-corrected chi connectivity index (χ1v) is 8.73. The summed E-state index contributed by atoms with van der Waals surface area (Å²) in [4.78, 5) is 21.8. The summed E-state index contributed by atoms with van der Waals surface area (Å²) < 4.78 is 18.5. The maximum atomic E-state index is 13.1. The topological polar surface area (TPSA) is 68.0 Å². The summed E-state index contributed by atoms with van der Waals surface area (Å²) in [6.45, 7) is 3.55. The minimum absolute atomic E-state index is 0.243. The number of fused-ring (bicyclic) bond motifs is 1. The Morgan fingerprint density at radius 2 is 1.88 bits per heavy atom. The van der Waals surface area contributed by atoms with E-state index in [1.54, 1.807) is 44.2 Å². The van der Waals surface area contributed by atoms with Crippen molar-refractivity contribution in [2.24, 2.45) is 0 Å². The third-order valence-electron chi connectivity index (χ3n) is 3.85. The number of hydrogen-bond acceptors (Lipinski definition) is 5. The van der Waals surface area contributed by atoms with Crippen LogP contribution in [0.5, 0.6) is 0 Å². The van der Waals surface area contributed by atoms with Gasteiger partial charge in [-0.25, -0.2) is 14.4 Å². The predicted octanol–water partition coefficient (Wildman–Crippen LogP) is 4.96. The van der Waals surface area contributed by atoms with Crippen molar-refractivity contribution < 1.29 is 13.6 Å². The number of carbonyl (C=O) groups excluding carboxylic acids is 1. The molecule has 0 radical (unpaired) electrons. The normalized spacial score (nSPS) is 11.0. The van der Waals surface area contributed by atoms with Crippen molar-refractivity contribution >= 4 is 34.0 Å². The standard InChI is InChI=1S/C19H14FN3O2S/c1-10-17(26-19(21-10)12-3-5-13(20)6-4-12)18(24)23-14-7-8-16-15(9-14)22-11(2)25-16/h3-9H,1-2H3,(H,23,24). The summed E-state index contributed by atoms with van der Waals surface area (Å²) in [5.74, 6) is 0.0251. The monoisotopic (exact) mass is 367 g/mol. The first-order valence-electron chi connectivity index (χ1n) is 7.91. The predicted molar refractivity (Wildman–Crippen MR) is 98.9 cm³/mol. The van der Waals surface area contributed by atoms with Gasteiger partial charge >= 0.3 is 0 Å². The molecule has 0 saturated heterocycles. The molecule has 0 fully saturated rings. The number of oxazole rings is 1. The van der Waals surface area contributed by atoms with Crippen LogP contribution in [0.3, 0.4) is 0 Å². The molecule has 7 heteroatoms. The van der Waals surface area contributed by atoms with Gasteiger partial charge in [0.15, 0.2) is 11.5 Å². The Morgan fingerprint density at radius 1 is 1.12 bits per heavy atom. The van der Waals surface area contributed by atoms with E-state index in [9.17, 15) is 9.18 Å². The van der Waals surface area contributed by atoms with Gasteiger partial charge in [-0.05, 0) is 49.4 Å². The Hall–Kier alpha value is -3.06. The lowest BCUT2D eigenvalue weighted by Crippen LogP contribution is -2.11. The number of amides is 1. The Morgan fingerprint density at radius 3 is 2.65 bits per heavy atom. The minimum atomic E-state index is -0.307. The van der Waals surface area contributed by atoms with E-state index < -0.39 is 0 Å². The van der Waals surface area contributed by atoms with Crippen LogP contribution in [-0.4, -0.2) is 15.9 Å². The van der Waals surface area contributed by atoms with E-state index in [2.05, 4.69) is 15.3 Å². The molecule has 26 heavy (non-hydrogen) atoms.